The van der Waals surface area contributed by atoms with Crippen molar-refractivity contribution in [3.05, 3.63) is 59.3 Å². The quantitative estimate of drug-likeness (QED) is 0.611. The predicted molar refractivity (Wildman–Crippen MR) is 92.2 cm³/mol. The highest BCUT2D eigenvalue weighted by atomic mass is 32.2. The van der Waals surface area contributed by atoms with Crippen LogP contribution in [-0.2, 0) is 0 Å². The molecular formula is C16H15N5O3S. The minimum Gasteiger partial charge on any atom is -0.595 e. The van der Waals surface area contributed by atoms with Gasteiger partial charge in [0.25, 0.3) is 0 Å². The van der Waals surface area contributed by atoms with Crippen LogP contribution >= 0.6 is 11.8 Å². The van der Waals surface area contributed by atoms with E-state index in [0.29, 0.717) is 11.4 Å². The molecule has 0 amide bonds. The number of benzene rings is 2. The third kappa shape index (κ3) is 2.94. The first kappa shape index (κ1) is 15.9. The van der Waals surface area contributed by atoms with Gasteiger partial charge in [0, 0.05) is 17.7 Å². The van der Waals surface area contributed by atoms with Crippen molar-refractivity contribution < 1.29 is 15.2 Å². The molecule has 25 heavy (non-hydrogen) atoms. The first-order valence-corrected chi connectivity index (χ1v) is 8.40. The van der Waals surface area contributed by atoms with Crippen LogP contribution < -0.4 is 15.4 Å². The number of nitrogens with one attached hydrogen (secondary N) is 2. The summed E-state index contributed by atoms with van der Waals surface area (Å²) in [4.78, 5) is 0. The highest BCUT2D eigenvalue weighted by Gasteiger charge is 2.28. The van der Waals surface area contributed by atoms with Crippen LogP contribution in [0.4, 0.5) is 5.69 Å². The lowest BCUT2D eigenvalue weighted by Crippen LogP contribution is -2.99. The van der Waals surface area contributed by atoms with Crippen molar-refractivity contribution in [3.8, 4) is 17.1 Å². The van der Waals surface area contributed by atoms with Crippen LogP contribution in [0.5, 0.6) is 5.75 Å². The zero-order valence-electron chi connectivity index (χ0n) is 13.2. The molecule has 0 aliphatic carbocycles. The highest BCUT2D eigenvalue weighted by molar-refractivity contribution is 7.99. The number of hydrogen-bond acceptors (Lipinski definition) is 7. The summed E-state index contributed by atoms with van der Waals surface area (Å²) in [6, 6.07) is 14.5. The molecule has 1 aliphatic heterocycles. The molecule has 4 rings (SSSR count). The summed E-state index contributed by atoms with van der Waals surface area (Å²) in [6.45, 7) is 0. The highest BCUT2D eigenvalue weighted by Crippen LogP contribution is 2.40. The van der Waals surface area contributed by atoms with Gasteiger partial charge in [-0.15, -0.1) is 10.2 Å². The van der Waals surface area contributed by atoms with Crippen molar-refractivity contribution >= 4 is 17.4 Å². The smallest absolute Gasteiger partial charge is 0.212 e. The van der Waals surface area contributed by atoms with Gasteiger partial charge in [-0.1, -0.05) is 36.0 Å². The Morgan fingerprint density at radius 1 is 1.24 bits per heavy atom. The second-order valence-electron chi connectivity index (χ2n) is 5.43. The molecule has 2 aromatic carbocycles. The predicted octanol–water partition coefficient (Wildman–Crippen LogP) is 1.71. The van der Waals surface area contributed by atoms with Gasteiger partial charge in [-0.05, 0) is 17.7 Å². The second kappa shape index (κ2) is 6.37. The molecule has 0 bridgehead atoms. The standard InChI is InChI=1S/C16H15N5O3S/c1-24-13-7-5-10(6-8-13)15-19-20-14(17-18-16(20)25-15)11-3-2-4-12(9-11)21(22)23/h2-9,15,19,21-22H,1H3/t15-/m0/s1. The maximum atomic E-state index is 11.2. The topological polar surface area (TPSA) is 99.7 Å². The summed E-state index contributed by atoms with van der Waals surface area (Å²) in [7, 11) is 1.64. The van der Waals surface area contributed by atoms with Gasteiger partial charge in [0.05, 0.1) is 7.11 Å². The summed E-state index contributed by atoms with van der Waals surface area (Å²) < 4.78 is 6.98. The van der Waals surface area contributed by atoms with E-state index in [1.165, 1.54) is 0 Å². The number of rotatable bonds is 4. The molecule has 1 unspecified atom stereocenters. The van der Waals surface area contributed by atoms with E-state index in [1.54, 1.807) is 41.7 Å². The number of methoxy groups -OCH3 is 1. The van der Waals surface area contributed by atoms with Crippen LogP contribution in [0.15, 0.2) is 53.7 Å². The molecule has 0 spiro atoms. The number of nitrogens with zero attached hydrogens (tertiary/aromatic N) is 3. The fourth-order valence-corrected chi connectivity index (χ4v) is 3.61. The Balaban J connectivity index is 1.62. The van der Waals surface area contributed by atoms with Gasteiger partial charge in [0.2, 0.25) is 5.16 Å². The molecule has 1 aliphatic rings. The fraction of sp³-hybridized carbons (Fsp3) is 0.125. The molecule has 128 valence electrons. The summed E-state index contributed by atoms with van der Waals surface area (Å²) in [6.07, 6.45) is 0. The van der Waals surface area contributed by atoms with Gasteiger partial charge < -0.3 is 15.4 Å². The van der Waals surface area contributed by atoms with Gasteiger partial charge in [0.1, 0.15) is 11.1 Å². The van der Waals surface area contributed by atoms with Crippen molar-refractivity contribution in [3.63, 3.8) is 0 Å². The first-order chi connectivity index (χ1) is 12.2. The number of fused-ring (bicyclic) bond motifs is 1. The Morgan fingerprint density at radius 3 is 2.76 bits per heavy atom. The number of hydrogen-bond donors (Lipinski definition) is 3. The summed E-state index contributed by atoms with van der Waals surface area (Å²) in [5, 5.41) is 28.5. The molecule has 0 saturated heterocycles. The van der Waals surface area contributed by atoms with Gasteiger partial charge in [-0.25, -0.2) is 9.88 Å². The molecule has 0 radical (unpaired) electrons. The van der Waals surface area contributed by atoms with E-state index in [2.05, 4.69) is 15.6 Å². The van der Waals surface area contributed by atoms with Crippen LogP contribution in [0.1, 0.15) is 10.9 Å². The van der Waals surface area contributed by atoms with Gasteiger partial charge in [-0.2, -0.15) is 5.23 Å². The Hall–Kier alpha value is -2.59. The minimum absolute atomic E-state index is 0.00203. The Kier molecular flexibility index (Phi) is 4.06. The van der Waals surface area contributed by atoms with E-state index in [0.717, 1.165) is 16.5 Å². The number of aromatic nitrogens is 3. The molecule has 2 atom stereocenters. The normalized spacial score (nSPS) is 17.0. The number of ether oxygens (including phenoxy) is 1. The molecule has 1 aromatic heterocycles. The van der Waals surface area contributed by atoms with Crippen LogP contribution in [0.25, 0.3) is 11.4 Å². The van der Waals surface area contributed by atoms with Gasteiger partial charge in [-0.3, -0.25) is 0 Å². The van der Waals surface area contributed by atoms with E-state index < -0.39 is 5.23 Å². The molecule has 0 fully saturated rings. The summed E-state index contributed by atoms with van der Waals surface area (Å²) in [5.74, 6) is 1.39. The van der Waals surface area contributed by atoms with Crippen LogP contribution in [0.3, 0.4) is 0 Å². The van der Waals surface area contributed by atoms with Crippen LogP contribution in [-0.4, -0.2) is 27.2 Å². The Morgan fingerprint density at radius 2 is 2.04 bits per heavy atom. The van der Waals surface area contributed by atoms with Gasteiger partial charge in [0.15, 0.2) is 11.5 Å². The zero-order valence-corrected chi connectivity index (χ0v) is 14.0. The second-order valence-corrected chi connectivity index (χ2v) is 6.50. The SMILES string of the molecule is COc1ccc([C@H]2Nn3c(nnc3-c3cccc([NH+]([O-])O)c3)S2)cc1. The lowest BCUT2D eigenvalue weighted by atomic mass is 10.2. The minimum atomic E-state index is -0.971. The van der Waals surface area contributed by atoms with E-state index in [9.17, 15) is 5.21 Å². The van der Waals surface area contributed by atoms with E-state index in [-0.39, 0.29) is 11.1 Å². The maximum Gasteiger partial charge on any atom is 0.212 e. The van der Waals surface area contributed by atoms with Crippen LogP contribution in [0.2, 0.25) is 0 Å². The number of thioether (sulfide) groups is 1. The molecule has 3 N–H and O–H groups in total. The Labute approximate surface area is 147 Å². The third-order valence-corrected chi connectivity index (χ3v) is 4.98. The molecular weight excluding hydrogens is 342 g/mol. The lowest BCUT2D eigenvalue weighted by molar-refractivity contribution is -0.991. The van der Waals surface area contributed by atoms with Crippen molar-refractivity contribution in [1.82, 2.24) is 14.9 Å². The Bertz CT molecular complexity index is 897. The van der Waals surface area contributed by atoms with Crippen molar-refractivity contribution in [2.45, 2.75) is 10.5 Å². The molecule has 8 nitrogen and oxygen atoms in total. The van der Waals surface area contributed by atoms with Gasteiger partial charge >= 0.3 is 0 Å². The largest absolute Gasteiger partial charge is 0.595 e. The zero-order chi connectivity index (χ0) is 17.4. The van der Waals surface area contributed by atoms with E-state index in [1.807, 2.05) is 30.3 Å². The monoisotopic (exact) mass is 357 g/mol. The summed E-state index contributed by atoms with van der Waals surface area (Å²) in [5.41, 5.74) is 5.35. The molecule has 0 saturated carbocycles. The first-order valence-electron chi connectivity index (χ1n) is 7.52. The van der Waals surface area contributed by atoms with Crippen molar-refractivity contribution in [2.75, 3.05) is 12.5 Å². The fourth-order valence-electron chi connectivity index (χ4n) is 2.61. The van der Waals surface area contributed by atoms with Crippen molar-refractivity contribution in [2.24, 2.45) is 0 Å². The average molecular weight is 357 g/mol. The van der Waals surface area contributed by atoms with E-state index >= 15 is 0 Å². The molecule has 3 aromatic rings. The number of quaternary nitrogens is 1. The lowest BCUT2D eigenvalue weighted by Gasteiger charge is -2.14. The van der Waals surface area contributed by atoms with E-state index in [4.69, 9.17) is 9.94 Å². The maximum absolute atomic E-state index is 11.2. The molecule has 9 heteroatoms. The molecule has 2 heterocycles. The van der Waals surface area contributed by atoms with Crippen LogP contribution in [0, 0.1) is 5.21 Å². The average Bonchev–Trinajstić information content (AvgIpc) is 3.22. The third-order valence-electron chi connectivity index (χ3n) is 3.89. The van der Waals surface area contributed by atoms with Crippen molar-refractivity contribution in [1.29, 1.82) is 0 Å². The summed E-state index contributed by atoms with van der Waals surface area (Å²) >= 11 is 1.55.